The van der Waals surface area contributed by atoms with Crippen molar-refractivity contribution < 1.29 is 0 Å². The van der Waals surface area contributed by atoms with E-state index in [1.165, 1.54) is 25.7 Å². The predicted molar refractivity (Wildman–Crippen MR) is 61.8 cm³/mol. The summed E-state index contributed by atoms with van der Waals surface area (Å²) in [6.07, 6.45) is 7.28. The topological polar surface area (TPSA) is 48.7 Å². The first-order valence-corrected chi connectivity index (χ1v) is 5.92. The van der Waals surface area contributed by atoms with E-state index in [0.29, 0.717) is 11.1 Å². The van der Waals surface area contributed by atoms with E-state index >= 15 is 0 Å². The minimum atomic E-state index is 0.487. The fourth-order valence-corrected chi connectivity index (χ4v) is 2.47. The Kier molecular flexibility index (Phi) is 2.10. The maximum Gasteiger partial charge on any atom is 0.142 e. The summed E-state index contributed by atoms with van der Waals surface area (Å²) in [6, 6.07) is 5.82. The van der Waals surface area contributed by atoms with Gasteiger partial charge in [0.05, 0.1) is 0 Å². The standard InChI is InChI=1S/C13H15N3/c14-8-12-7-11(3-6-15-12)16-9-13(4-5-13)10-1-2-10/h3,6-7,10H,1-2,4-5,9H2,(H,15,16). The molecule has 3 rings (SSSR count). The van der Waals surface area contributed by atoms with Crippen molar-refractivity contribution in [2.75, 3.05) is 11.9 Å². The Morgan fingerprint density at radius 3 is 2.94 bits per heavy atom. The summed E-state index contributed by atoms with van der Waals surface area (Å²) in [6.45, 7) is 1.06. The van der Waals surface area contributed by atoms with Crippen molar-refractivity contribution in [2.24, 2.45) is 11.3 Å². The normalized spacial score (nSPS) is 21.2. The van der Waals surface area contributed by atoms with Gasteiger partial charge in [0.1, 0.15) is 11.8 Å². The zero-order chi connectivity index (χ0) is 11.0. The van der Waals surface area contributed by atoms with Crippen LogP contribution in [0.5, 0.6) is 0 Å². The quantitative estimate of drug-likeness (QED) is 0.836. The van der Waals surface area contributed by atoms with Gasteiger partial charge in [0.2, 0.25) is 0 Å². The molecule has 0 saturated heterocycles. The number of hydrogen-bond donors (Lipinski definition) is 1. The molecule has 0 atom stereocenters. The van der Waals surface area contributed by atoms with Crippen LogP contribution in [0.3, 0.4) is 0 Å². The fourth-order valence-electron chi connectivity index (χ4n) is 2.47. The number of pyridine rings is 1. The highest BCUT2D eigenvalue weighted by Gasteiger charge is 2.53. The lowest BCUT2D eigenvalue weighted by Gasteiger charge is -2.15. The van der Waals surface area contributed by atoms with Crippen molar-refractivity contribution in [1.29, 1.82) is 5.26 Å². The molecule has 0 spiro atoms. The maximum absolute atomic E-state index is 8.76. The van der Waals surface area contributed by atoms with Crippen molar-refractivity contribution in [3.63, 3.8) is 0 Å². The zero-order valence-electron chi connectivity index (χ0n) is 9.24. The number of hydrogen-bond acceptors (Lipinski definition) is 3. The molecule has 16 heavy (non-hydrogen) atoms. The average Bonchev–Trinajstić information content (AvgIpc) is 3.17. The molecule has 0 radical (unpaired) electrons. The monoisotopic (exact) mass is 213 g/mol. The molecule has 1 aromatic heterocycles. The van der Waals surface area contributed by atoms with Crippen LogP contribution in [0.4, 0.5) is 5.69 Å². The molecule has 0 aliphatic heterocycles. The van der Waals surface area contributed by atoms with Crippen LogP contribution in [-0.2, 0) is 0 Å². The predicted octanol–water partition coefficient (Wildman–Crippen LogP) is 2.56. The first-order chi connectivity index (χ1) is 7.82. The van der Waals surface area contributed by atoms with E-state index in [2.05, 4.69) is 16.4 Å². The molecule has 0 unspecified atom stereocenters. The van der Waals surface area contributed by atoms with Crippen LogP contribution in [-0.4, -0.2) is 11.5 Å². The lowest BCUT2D eigenvalue weighted by Crippen LogP contribution is -2.17. The Labute approximate surface area is 95.5 Å². The Bertz CT molecular complexity index is 439. The average molecular weight is 213 g/mol. The third-order valence-electron chi connectivity index (χ3n) is 3.85. The van der Waals surface area contributed by atoms with E-state index in [1.54, 1.807) is 6.20 Å². The molecular weight excluding hydrogens is 198 g/mol. The van der Waals surface area contributed by atoms with Gasteiger partial charge in [0.25, 0.3) is 0 Å². The molecule has 0 amide bonds. The second-order valence-corrected chi connectivity index (χ2v) is 5.03. The Morgan fingerprint density at radius 2 is 2.31 bits per heavy atom. The van der Waals surface area contributed by atoms with Gasteiger partial charge in [-0.25, -0.2) is 4.98 Å². The molecule has 0 bridgehead atoms. The molecule has 1 aromatic rings. The van der Waals surface area contributed by atoms with Crippen LogP contribution in [0.15, 0.2) is 18.3 Å². The van der Waals surface area contributed by atoms with Crippen LogP contribution >= 0.6 is 0 Å². The number of nitrogens with one attached hydrogen (secondary N) is 1. The lowest BCUT2D eigenvalue weighted by atomic mass is 10.0. The molecule has 3 heteroatoms. The first kappa shape index (κ1) is 9.65. The molecule has 1 N–H and O–H groups in total. The summed E-state index contributed by atoms with van der Waals surface area (Å²) in [5.41, 5.74) is 2.11. The zero-order valence-corrected chi connectivity index (χ0v) is 9.24. The van der Waals surface area contributed by atoms with E-state index in [1.807, 2.05) is 12.1 Å². The van der Waals surface area contributed by atoms with Crippen LogP contribution in [0.1, 0.15) is 31.4 Å². The van der Waals surface area contributed by atoms with Crippen molar-refractivity contribution in [2.45, 2.75) is 25.7 Å². The van der Waals surface area contributed by atoms with Gasteiger partial charge in [-0.1, -0.05) is 0 Å². The molecule has 2 aliphatic carbocycles. The summed E-state index contributed by atoms with van der Waals surface area (Å²) in [5, 5.41) is 12.2. The van der Waals surface area contributed by atoms with Crippen LogP contribution in [0.2, 0.25) is 0 Å². The van der Waals surface area contributed by atoms with Crippen LogP contribution < -0.4 is 5.32 Å². The van der Waals surface area contributed by atoms with Gasteiger partial charge in [-0.2, -0.15) is 5.26 Å². The van der Waals surface area contributed by atoms with Crippen LogP contribution in [0.25, 0.3) is 0 Å². The van der Waals surface area contributed by atoms with Gasteiger partial charge in [0.15, 0.2) is 0 Å². The summed E-state index contributed by atoms with van der Waals surface area (Å²) in [4.78, 5) is 3.96. The Balaban J connectivity index is 1.64. The second kappa shape index (κ2) is 3.48. The van der Waals surface area contributed by atoms with Gasteiger partial charge in [-0.05, 0) is 49.1 Å². The number of nitrogens with zero attached hydrogens (tertiary/aromatic N) is 2. The Hall–Kier alpha value is -1.56. The van der Waals surface area contributed by atoms with Gasteiger partial charge >= 0.3 is 0 Å². The van der Waals surface area contributed by atoms with E-state index in [0.717, 1.165) is 18.2 Å². The third-order valence-corrected chi connectivity index (χ3v) is 3.85. The number of rotatable bonds is 4. The highest BCUT2D eigenvalue weighted by atomic mass is 14.9. The Morgan fingerprint density at radius 1 is 1.50 bits per heavy atom. The molecular formula is C13H15N3. The van der Waals surface area contributed by atoms with E-state index < -0.39 is 0 Å². The molecule has 1 heterocycles. The molecule has 0 aromatic carbocycles. The molecule has 82 valence electrons. The van der Waals surface area contributed by atoms with E-state index in [4.69, 9.17) is 5.26 Å². The van der Waals surface area contributed by atoms with Crippen molar-refractivity contribution in [1.82, 2.24) is 4.98 Å². The van der Waals surface area contributed by atoms with Crippen molar-refractivity contribution in [3.8, 4) is 6.07 Å². The van der Waals surface area contributed by atoms with Crippen molar-refractivity contribution in [3.05, 3.63) is 24.0 Å². The highest BCUT2D eigenvalue weighted by Crippen LogP contribution is 2.61. The van der Waals surface area contributed by atoms with Gasteiger partial charge in [-0.3, -0.25) is 0 Å². The van der Waals surface area contributed by atoms with Crippen molar-refractivity contribution >= 4 is 5.69 Å². The molecule has 2 aliphatic rings. The summed E-state index contributed by atoms with van der Waals surface area (Å²) >= 11 is 0. The van der Waals surface area contributed by atoms with Gasteiger partial charge in [-0.15, -0.1) is 0 Å². The minimum Gasteiger partial charge on any atom is -0.384 e. The number of aromatic nitrogens is 1. The van der Waals surface area contributed by atoms with Gasteiger partial charge < -0.3 is 5.32 Å². The smallest absolute Gasteiger partial charge is 0.142 e. The maximum atomic E-state index is 8.76. The summed E-state index contributed by atoms with van der Waals surface area (Å²) in [7, 11) is 0. The molecule has 2 saturated carbocycles. The molecule has 3 nitrogen and oxygen atoms in total. The van der Waals surface area contributed by atoms with Gasteiger partial charge in [0, 0.05) is 18.4 Å². The second-order valence-electron chi connectivity index (χ2n) is 5.03. The first-order valence-electron chi connectivity index (χ1n) is 5.92. The third kappa shape index (κ3) is 1.76. The summed E-state index contributed by atoms with van der Waals surface area (Å²) in [5.74, 6) is 0.970. The molecule has 2 fully saturated rings. The van der Waals surface area contributed by atoms with E-state index in [-0.39, 0.29) is 0 Å². The number of nitriles is 1. The van der Waals surface area contributed by atoms with Crippen LogP contribution in [0, 0.1) is 22.7 Å². The lowest BCUT2D eigenvalue weighted by molar-refractivity contribution is 0.467. The SMILES string of the molecule is N#Cc1cc(NCC2(C3CC3)CC2)ccn1. The largest absolute Gasteiger partial charge is 0.384 e. The fraction of sp³-hybridized carbons (Fsp3) is 0.538. The van der Waals surface area contributed by atoms with E-state index in [9.17, 15) is 0 Å². The number of anilines is 1. The highest BCUT2D eigenvalue weighted by molar-refractivity contribution is 5.46. The summed E-state index contributed by atoms with van der Waals surface area (Å²) < 4.78 is 0. The minimum absolute atomic E-state index is 0.487.